The molecule has 0 bridgehead atoms. The number of rotatable bonds is 10. The SMILES string of the molecule is COc1ccc(S(=O)(=O)N(CC(=O)Nc2ccc(Oc3ccccc3)cc2)c2cccc(C(F)(F)F)c2)cc1OC. The van der Waals surface area contributed by atoms with E-state index in [1.54, 1.807) is 36.4 Å². The normalized spacial score (nSPS) is 11.4. The van der Waals surface area contributed by atoms with Crippen LogP contribution in [0.5, 0.6) is 23.0 Å². The van der Waals surface area contributed by atoms with Crippen LogP contribution in [0.1, 0.15) is 5.56 Å². The number of hydrogen-bond acceptors (Lipinski definition) is 6. The molecule has 0 aromatic heterocycles. The van der Waals surface area contributed by atoms with Gasteiger partial charge in [-0.2, -0.15) is 13.2 Å². The number of benzene rings is 4. The van der Waals surface area contributed by atoms with Crippen molar-refractivity contribution in [1.82, 2.24) is 0 Å². The maximum atomic E-state index is 13.7. The van der Waals surface area contributed by atoms with Gasteiger partial charge in [0.05, 0.1) is 30.4 Å². The Morgan fingerprint density at radius 2 is 1.46 bits per heavy atom. The van der Waals surface area contributed by atoms with Crippen molar-refractivity contribution >= 4 is 27.3 Å². The van der Waals surface area contributed by atoms with Crippen molar-refractivity contribution in [3.05, 3.63) is 103 Å². The maximum absolute atomic E-state index is 13.7. The number of anilines is 2. The zero-order valence-corrected chi connectivity index (χ0v) is 22.7. The Kier molecular flexibility index (Phi) is 8.72. The number of amides is 1. The molecule has 0 radical (unpaired) electrons. The molecule has 1 N–H and O–H groups in total. The summed E-state index contributed by atoms with van der Waals surface area (Å²) < 4.78 is 84.5. The van der Waals surface area contributed by atoms with Crippen LogP contribution in [0.15, 0.2) is 102 Å². The molecule has 0 saturated carbocycles. The van der Waals surface area contributed by atoms with E-state index in [0.29, 0.717) is 27.6 Å². The highest BCUT2D eigenvalue weighted by Gasteiger charge is 2.33. The van der Waals surface area contributed by atoms with Crippen molar-refractivity contribution in [2.45, 2.75) is 11.1 Å². The highest BCUT2D eigenvalue weighted by molar-refractivity contribution is 7.92. The number of alkyl halides is 3. The number of sulfonamides is 1. The lowest BCUT2D eigenvalue weighted by molar-refractivity contribution is -0.137. The second kappa shape index (κ2) is 12.2. The first-order chi connectivity index (χ1) is 19.5. The van der Waals surface area contributed by atoms with E-state index in [9.17, 15) is 26.4 Å². The Hall–Kier alpha value is -4.71. The smallest absolute Gasteiger partial charge is 0.416 e. The van der Waals surface area contributed by atoms with Crippen LogP contribution >= 0.6 is 0 Å². The fourth-order valence-corrected chi connectivity index (χ4v) is 5.25. The minimum Gasteiger partial charge on any atom is -0.493 e. The summed E-state index contributed by atoms with van der Waals surface area (Å²) in [6.45, 7) is -0.819. The minimum absolute atomic E-state index is 0.0832. The summed E-state index contributed by atoms with van der Waals surface area (Å²) in [6.07, 6.45) is -4.74. The lowest BCUT2D eigenvalue weighted by Gasteiger charge is -2.25. The first-order valence-corrected chi connectivity index (χ1v) is 13.5. The van der Waals surface area contributed by atoms with Gasteiger partial charge in [0.1, 0.15) is 18.0 Å². The van der Waals surface area contributed by atoms with Crippen LogP contribution in [0, 0.1) is 0 Å². The second-order valence-corrected chi connectivity index (χ2v) is 10.4. The Morgan fingerprint density at radius 1 is 0.805 bits per heavy atom. The quantitative estimate of drug-likeness (QED) is 0.233. The topological polar surface area (TPSA) is 94.2 Å². The van der Waals surface area contributed by atoms with Gasteiger partial charge in [-0.3, -0.25) is 9.10 Å². The van der Waals surface area contributed by atoms with E-state index in [4.69, 9.17) is 14.2 Å². The minimum atomic E-state index is -4.74. The van der Waals surface area contributed by atoms with E-state index in [2.05, 4.69) is 5.32 Å². The van der Waals surface area contributed by atoms with Crippen LogP contribution in [0.2, 0.25) is 0 Å². The monoisotopic (exact) mass is 586 g/mol. The maximum Gasteiger partial charge on any atom is 0.416 e. The highest BCUT2D eigenvalue weighted by Crippen LogP contribution is 2.35. The van der Waals surface area contributed by atoms with Crippen LogP contribution in [-0.2, 0) is 21.0 Å². The molecule has 0 saturated heterocycles. The molecule has 0 aliphatic rings. The van der Waals surface area contributed by atoms with Gasteiger partial charge in [-0.1, -0.05) is 24.3 Å². The summed E-state index contributed by atoms with van der Waals surface area (Å²) in [5.41, 5.74) is -1.10. The predicted octanol–water partition coefficient (Wildman–Crippen LogP) is 6.35. The van der Waals surface area contributed by atoms with Crippen LogP contribution in [0.3, 0.4) is 0 Å². The molecule has 0 atom stereocenters. The third-order valence-corrected chi connectivity index (χ3v) is 7.58. The molecule has 0 aliphatic heterocycles. The van der Waals surface area contributed by atoms with Gasteiger partial charge >= 0.3 is 6.18 Å². The number of carbonyl (C=O) groups is 1. The highest BCUT2D eigenvalue weighted by atomic mass is 32.2. The fraction of sp³-hybridized carbons (Fsp3) is 0.138. The Morgan fingerprint density at radius 3 is 2.10 bits per heavy atom. The summed E-state index contributed by atoms with van der Waals surface area (Å²) in [5.74, 6) is 0.648. The molecule has 8 nitrogen and oxygen atoms in total. The largest absolute Gasteiger partial charge is 0.493 e. The average molecular weight is 587 g/mol. The zero-order chi connectivity index (χ0) is 29.6. The Labute approximate surface area is 234 Å². The van der Waals surface area contributed by atoms with E-state index in [1.165, 1.54) is 32.4 Å². The number of halogens is 3. The summed E-state index contributed by atoms with van der Waals surface area (Å²) in [6, 6.07) is 22.8. The Balaban J connectivity index is 1.62. The van der Waals surface area contributed by atoms with Gasteiger partial charge in [-0.15, -0.1) is 0 Å². The van der Waals surface area contributed by atoms with Crippen LogP contribution in [-0.4, -0.2) is 35.1 Å². The van der Waals surface area contributed by atoms with Crippen molar-refractivity contribution in [2.75, 3.05) is 30.4 Å². The van der Waals surface area contributed by atoms with Gasteiger partial charge in [0.15, 0.2) is 11.5 Å². The summed E-state index contributed by atoms with van der Waals surface area (Å²) in [7, 11) is -1.88. The molecule has 4 aromatic carbocycles. The van der Waals surface area contributed by atoms with Gasteiger partial charge < -0.3 is 19.5 Å². The standard InChI is InChI=1S/C29H25F3N2O6S/c1-38-26-16-15-25(18-27(26)39-2)41(36,37)34(22-8-6-7-20(17-22)29(30,31)32)19-28(35)33-21-11-13-24(14-12-21)40-23-9-4-3-5-10-23/h3-18H,19H2,1-2H3,(H,33,35). The fourth-order valence-electron chi connectivity index (χ4n) is 3.82. The number of para-hydroxylation sites is 1. The second-order valence-electron chi connectivity index (χ2n) is 8.56. The van der Waals surface area contributed by atoms with Gasteiger partial charge in [0.25, 0.3) is 10.0 Å². The van der Waals surface area contributed by atoms with Gasteiger partial charge in [-0.05, 0) is 66.7 Å². The molecule has 214 valence electrons. The third kappa shape index (κ3) is 7.09. The van der Waals surface area contributed by atoms with Crippen molar-refractivity contribution in [3.8, 4) is 23.0 Å². The summed E-state index contributed by atoms with van der Waals surface area (Å²) in [4.78, 5) is 12.7. The number of nitrogens with zero attached hydrogens (tertiary/aromatic N) is 1. The van der Waals surface area contributed by atoms with Gasteiger partial charge in [0, 0.05) is 11.8 Å². The average Bonchev–Trinajstić information content (AvgIpc) is 2.96. The van der Waals surface area contributed by atoms with Gasteiger partial charge in [0.2, 0.25) is 5.91 Å². The van der Waals surface area contributed by atoms with Crippen LogP contribution in [0.25, 0.3) is 0 Å². The van der Waals surface area contributed by atoms with E-state index in [-0.39, 0.29) is 22.1 Å². The number of hydrogen-bond donors (Lipinski definition) is 1. The molecule has 0 fully saturated rings. The van der Waals surface area contributed by atoms with Crippen LogP contribution in [0.4, 0.5) is 24.5 Å². The number of carbonyl (C=O) groups excluding carboxylic acids is 1. The number of ether oxygens (including phenoxy) is 3. The predicted molar refractivity (Wildman–Crippen MR) is 147 cm³/mol. The molecule has 41 heavy (non-hydrogen) atoms. The molecule has 0 spiro atoms. The van der Waals surface area contributed by atoms with E-state index in [1.807, 2.05) is 18.2 Å². The lowest BCUT2D eigenvalue weighted by Crippen LogP contribution is -2.38. The summed E-state index contributed by atoms with van der Waals surface area (Å²) >= 11 is 0. The first-order valence-electron chi connectivity index (χ1n) is 12.1. The molecule has 1 amide bonds. The molecule has 0 unspecified atom stereocenters. The molecule has 4 rings (SSSR count). The van der Waals surface area contributed by atoms with E-state index >= 15 is 0 Å². The number of methoxy groups -OCH3 is 2. The van der Waals surface area contributed by atoms with E-state index < -0.39 is 34.2 Å². The van der Waals surface area contributed by atoms with Crippen molar-refractivity contribution in [2.24, 2.45) is 0 Å². The van der Waals surface area contributed by atoms with Crippen LogP contribution < -0.4 is 23.8 Å². The van der Waals surface area contributed by atoms with Crippen molar-refractivity contribution in [3.63, 3.8) is 0 Å². The van der Waals surface area contributed by atoms with Gasteiger partial charge in [-0.25, -0.2) is 8.42 Å². The molecular weight excluding hydrogens is 561 g/mol. The molecule has 0 heterocycles. The summed E-state index contributed by atoms with van der Waals surface area (Å²) in [5, 5.41) is 2.57. The molecule has 0 aliphatic carbocycles. The third-order valence-electron chi connectivity index (χ3n) is 5.81. The molecule has 12 heteroatoms. The number of nitrogens with one attached hydrogen (secondary N) is 1. The van der Waals surface area contributed by atoms with Crippen molar-refractivity contribution in [1.29, 1.82) is 0 Å². The first kappa shape index (κ1) is 29.3. The molecular formula is C29H25F3N2O6S. The molecule has 4 aromatic rings. The lowest BCUT2D eigenvalue weighted by atomic mass is 10.2. The zero-order valence-electron chi connectivity index (χ0n) is 21.9. The van der Waals surface area contributed by atoms with E-state index in [0.717, 1.165) is 18.2 Å². The van der Waals surface area contributed by atoms with Crippen molar-refractivity contribution < 1.29 is 40.6 Å². The Bertz CT molecular complexity index is 1610.